The normalized spacial score (nSPS) is 10.8. The molecule has 2 N–H and O–H groups in total. The highest BCUT2D eigenvalue weighted by Crippen LogP contribution is 2.12. The molecule has 1 aromatic heterocycles. The zero-order valence-electron chi connectivity index (χ0n) is 7.58. The number of nitrogens with two attached hydrogens (primary N) is 1. The number of nitrogen functional groups attached to an aromatic ring is 1. The molecule has 0 bridgehead atoms. The van der Waals surface area contributed by atoms with Crippen molar-refractivity contribution >= 4 is 16.9 Å². The Hall–Kier alpha value is -1.98. The summed E-state index contributed by atoms with van der Waals surface area (Å²) in [6.07, 6.45) is 0. The van der Waals surface area contributed by atoms with Gasteiger partial charge >= 0.3 is 0 Å². The summed E-state index contributed by atoms with van der Waals surface area (Å²) in [5.74, 6) is -0.993. The minimum atomic E-state index is -1.12. The van der Waals surface area contributed by atoms with Gasteiger partial charge in [-0.3, -0.25) is 4.79 Å². The Morgan fingerprint density at radius 1 is 1.47 bits per heavy atom. The van der Waals surface area contributed by atoms with Crippen LogP contribution in [0.5, 0.6) is 0 Å². The molecule has 0 aliphatic carbocycles. The average molecular weight is 211 g/mol. The van der Waals surface area contributed by atoms with Gasteiger partial charge in [0.15, 0.2) is 6.80 Å². The Morgan fingerprint density at radius 3 is 2.87 bits per heavy atom. The largest absolute Gasteiger partial charge is 0.369 e. The molecule has 0 saturated heterocycles. The maximum absolute atomic E-state index is 13.3. The van der Waals surface area contributed by atoms with E-state index in [0.717, 1.165) is 6.07 Å². The van der Waals surface area contributed by atoms with Crippen LogP contribution in [-0.2, 0) is 6.80 Å². The van der Waals surface area contributed by atoms with Crippen molar-refractivity contribution in [3.05, 3.63) is 34.4 Å². The predicted molar refractivity (Wildman–Crippen MR) is 51.5 cm³/mol. The van der Waals surface area contributed by atoms with Gasteiger partial charge in [0.05, 0.1) is 5.52 Å². The van der Waals surface area contributed by atoms with Crippen molar-refractivity contribution in [3.8, 4) is 0 Å². The van der Waals surface area contributed by atoms with E-state index in [-0.39, 0.29) is 16.9 Å². The summed E-state index contributed by atoms with van der Waals surface area (Å²) < 4.78 is 26.3. The minimum Gasteiger partial charge on any atom is -0.369 e. The molecule has 2 aromatic rings. The molecule has 6 heteroatoms. The van der Waals surface area contributed by atoms with Crippen LogP contribution in [0.1, 0.15) is 0 Å². The Kier molecular flexibility index (Phi) is 2.11. The maximum Gasteiger partial charge on any atom is 0.267 e. The fourth-order valence-electron chi connectivity index (χ4n) is 1.36. The van der Waals surface area contributed by atoms with E-state index >= 15 is 0 Å². The van der Waals surface area contributed by atoms with E-state index in [0.29, 0.717) is 4.57 Å². The fraction of sp³-hybridized carbons (Fsp3) is 0.111. The van der Waals surface area contributed by atoms with Crippen LogP contribution in [0, 0.1) is 5.82 Å². The van der Waals surface area contributed by atoms with Gasteiger partial charge in [0.2, 0.25) is 5.95 Å². The highest BCUT2D eigenvalue weighted by Gasteiger charge is 2.11. The van der Waals surface area contributed by atoms with Crippen LogP contribution in [0.4, 0.5) is 14.7 Å². The number of aromatic nitrogens is 2. The zero-order chi connectivity index (χ0) is 11.0. The van der Waals surface area contributed by atoms with Gasteiger partial charge in [0, 0.05) is 0 Å². The van der Waals surface area contributed by atoms with Gasteiger partial charge in [0.25, 0.3) is 5.56 Å². The van der Waals surface area contributed by atoms with Crippen LogP contribution in [0.25, 0.3) is 10.9 Å². The Morgan fingerprint density at radius 2 is 2.20 bits per heavy atom. The summed E-state index contributed by atoms with van der Waals surface area (Å²) in [5.41, 5.74) is 4.66. The third-order valence-corrected chi connectivity index (χ3v) is 2.08. The van der Waals surface area contributed by atoms with Crippen molar-refractivity contribution in [2.24, 2.45) is 0 Å². The molecule has 2 rings (SSSR count). The van der Waals surface area contributed by atoms with Gasteiger partial charge in [0.1, 0.15) is 11.2 Å². The van der Waals surface area contributed by atoms with Gasteiger partial charge in [-0.2, -0.15) is 0 Å². The molecule has 4 nitrogen and oxygen atoms in total. The second-order valence-corrected chi connectivity index (χ2v) is 2.96. The standard InChI is InChI=1S/C9H7F2N3O/c10-4-14-8(15)7-5(11)2-1-3-6(7)13-9(14)12/h1-3H,4H2,(H2,12,13). The van der Waals surface area contributed by atoms with Gasteiger partial charge in [-0.1, -0.05) is 6.07 Å². The van der Waals surface area contributed by atoms with E-state index in [1.54, 1.807) is 0 Å². The van der Waals surface area contributed by atoms with E-state index < -0.39 is 18.2 Å². The Labute approximate surface area is 83.0 Å². The molecule has 1 heterocycles. The molecule has 0 aliphatic heterocycles. The molecule has 0 radical (unpaired) electrons. The minimum absolute atomic E-state index is 0.127. The number of rotatable bonds is 1. The van der Waals surface area contributed by atoms with Gasteiger partial charge < -0.3 is 5.73 Å². The van der Waals surface area contributed by atoms with Crippen molar-refractivity contribution in [2.75, 3.05) is 5.73 Å². The van der Waals surface area contributed by atoms with Crippen LogP contribution in [0.3, 0.4) is 0 Å². The number of hydrogen-bond donors (Lipinski definition) is 1. The lowest BCUT2D eigenvalue weighted by molar-refractivity contribution is 0.372. The molecular formula is C9H7F2N3O. The number of anilines is 1. The molecule has 15 heavy (non-hydrogen) atoms. The Bertz CT molecular complexity index is 579. The number of hydrogen-bond acceptors (Lipinski definition) is 3. The van der Waals surface area contributed by atoms with Crippen molar-refractivity contribution in [1.82, 2.24) is 9.55 Å². The summed E-state index contributed by atoms with van der Waals surface area (Å²) in [5, 5.41) is -0.246. The molecule has 0 unspecified atom stereocenters. The lowest BCUT2D eigenvalue weighted by atomic mass is 10.2. The average Bonchev–Trinajstić information content (AvgIpc) is 2.17. The number of nitrogens with zero attached hydrogens (tertiary/aromatic N) is 2. The first kappa shape index (κ1) is 9.57. The maximum atomic E-state index is 13.3. The summed E-state index contributed by atoms with van der Waals surface area (Å²) in [4.78, 5) is 15.3. The molecular weight excluding hydrogens is 204 g/mol. The lowest BCUT2D eigenvalue weighted by Crippen LogP contribution is -2.24. The quantitative estimate of drug-likeness (QED) is 0.766. The lowest BCUT2D eigenvalue weighted by Gasteiger charge is -2.05. The van der Waals surface area contributed by atoms with Crippen LogP contribution in [0.15, 0.2) is 23.0 Å². The number of benzene rings is 1. The summed E-state index contributed by atoms with van der Waals surface area (Å²) in [6, 6.07) is 3.96. The third-order valence-electron chi connectivity index (χ3n) is 2.08. The summed E-state index contributed by atoms with van der Waals surface area (Å²) >= 11 is 0. The fourth-order valence-corrected chi connectivity index (χ4v) is 1.36. The van der Waals surface area contributed by atoms with E-state index in [2.05, 4.69) is 4.98 Å². The van der Waals surface area contributed by atoms with Crippen LogP contribution >= 0.6 is 0 Å². The van der Waals surface area contributed by atoms with Crippen molar-refractivity contribution in [2.45, 2.75) is 6.80 Å². The molecule has 0 saturated carbocycles. The summed E-state index contributed by atoms with van der Waals surface area (Å²) in [7, 11) is 0. The first-order valence-corrected chi connectivity index (χ1v) is 4.15. The van der Waals surface area contributed by atoms with Gasteiger partial charge in [-0.15, -0.1) is 0 Å². The molecule has 0 aliphatic rings. The van der Waals surface area contributed by atoms with Crippen molar-refractivity contribution in [3.63, 3.8) is 0 Å². The van der Waals surface area contributed by atoms with Gasteiger partial charge in [-0.25, -0.2) is 18.3 Å². The van der Waals surface area contributed by atoms with E-state index in [1.165, 1.54) is 12.1 Å². The highest BCUT2D eigenvalue weighted by molar-refractivity contribution is 5.79. The molecule has 0 fully saturated rings. The Balaban J connectivity index is 2.99. The number of fused-ring (bicyclic) bond motifs is 1. The topological polar surface area (TPSA) is 60.9 Å². The number of alkyl halides is 1. The third kappa shape index (κ3) is 1.34. The number of halogens is 2. The van der Waals surface area contributed by atoms with Crippen molar-refractivity contribution in [1.29, 1.82) is 0 Å². The van der Waals surface area contributed by atoms with Crippen LogP contribution < -0.4 is 11.3 Å². The first-order chi connectivity index (χ1) is 7.15. The SMILES string of the molecule is Nc1nc2cccc(F)c2c(=O)n1CF. The van der Waals surface area contributed by atoms with Gasteiger partial charge in [-0.05, 0) is 12.1 Å². The smallest absolute Gasteiger partial charge is 0.267 e. The van der Waals surface area contributed by atoms with Crippen LogP contribution in [-0.4, -0.2) is 9.55 Å². The van der Waals surface area contributed by atoms with E-state index in [9.17, 15) is 13.6 Å². The molecule has 0 spiro atoms. The second kappa shape index (κ2) is 3.30. The predicted octanol–water partition coefficient (Wildman–Crippen LogP) is 1.04. The van der Waals surface area contributed by atoms with Crippen LogP contribution in [0.2, 0.25) is 0 Å². The first-order valence-electron chi connectivity index (χ1n) is 4.15. The molecule has 1 aromatic carbocycles. The van der Waals surface area contributed by atoms with E-state index in [4.69, 9.17) is 5.73 Å². The van der Waals surface area contributed by atoms with Crippen molar-refractivity contribution < 1.29 is 8.78 Å². The zero-order valence-corrected chi connectivity index (χ0v) is 7.58. The molecule has 0 amide bonds. The highest BCUT2D eigenvalue weighted by atomic mass is 19.1. The second-order valence-electron chi connectivity index (χ2n) is 2.96. The summed E-state index contributed by atoms with van der Waals surface area (Å²) in [6.45, 7) is -1.12. The molecule has 0 atom stereocenters. The molecule has 78 valence electrons. The van der Waals surface area contributed by atoms with E-state index in [1.807, 2.05) is 0 Å². The monoisotopic (exact) mass is 211 g/mol.